The molecule has 0 saturated heterocycles. The molecule has 6 nitrogen and oxygen atoms in total. The van der Waals surface area contributed by atoms with Crippen LogP contribution in [0.15, 0.2) is 47.6 Å². The Balaban J connectivity index is 2.24. The van der Waals surface area contributed by atoms with Gasteiger partial charge in [0.15, 0.2) is 5.96 Å². The van der Waals surface area contributed by atoms with E-state index in [1.165, 1.54) is 0 Å². The molecule has 0 aliphatic rings. The normalized spacial score (nSPS) is 10.7. The van der Waals surface area contributed by atoms with Gasteiger partial charge in [-0.25, -0.2) is 0 Å². The number of fused-ring (bicyclic) bond motifs is 1. The SMILES string of the molecule is Cn1ncc(Cl)c1-c1cccc2ccc(C(=O)N=C(N)N)cc12. The van der Waals surface area contributed by atoms with E-state index >= 15 is 0 Å². The first-order valence-electron chi connectivity index (χ1n) is 6.82. The third-order valence-corrected chi connectivity index (χ3v) is 3.79. The maximum absolute atomic E-state index is 12.0. The molecule has 0 aliphatic heterocycles. The van der Waals surface area contributed by atoms with Crippen LogP contribution in [0.3, 0.4) is 0 Å². The van der Waals surface area contributed by atoms with E-state index in [4.69, 9.17) is 23.1 Å². The number of hydrogen-bond acceptors (Lipinski definition) is 2. The summed E-state index contributed by atoms with van der Waals surface area (Å²) in [6, 6.07) is 11.1. The van der Waals surface area contributed by atoms with Crippen molar-refractivity contribution in [2.24, 2.45) is 23.5 Å². The van der Waals surface area contributed by atoms with Gasteiger partial charge in [-0.3, -0.25) is 9.48 Å². The topological polar surface area (TPSA) is 99.3 Å². The zero-order valence-corrected chi connectivity index (χ0v) is 13.1. The summed E-state index contributed by atoms with van der Waals surface area (Å²) >= 11 is 6.25. The summed E-state index contributed by atoms with van der Waals surface area (Å²) in [5, 5.41) is 6.54. The molecule has 116 valence electrons. The summed E-state index contributed by atoms with van der Waals surface area (Å²) in [5.74, 6) is -0.754. The van der Waals surface area contributed by atoms with Crippen LogP contribution in [0.1, 0.15) is 10.4 Å². The number of nitrogens with two attached hydrogens (primary N) is 2. The van der Waals surface area contributed by atoms with Gasteiger partial charge in [0.05, 0.1) is 16.9 Å². The highest BCUT2D eigenvalue weighted by Crippen LogP contribution is 2.33. The van der Waals surface area contributed by atoms with Gasteiger partial charge in [0.25, 0.3) is 5.91 Å². The van der Waals surface area contributed by atoms with Crippen molar-refractivity contribution >= 4 is 34.2 Å². The number of nitrogens with zero attached hydrogens (tertiary/aromatic N) is 3. The number of hydrogen-bond donors (Lipinski definition) is 2. The van der Waals surface area contributed by atoms with E-state index in [2.05, 4.69) is 10.1 Å². The minimum Gasteiger partial charge on any atom is -0.370 e. The van der Waals surface area contributed by atoms with E-state index in [0.29, 0.717) is 10.6 Å². The number of carbonyl (C=O) groups is 1. The molecule has 2 aromatic carbocycles. The predicted octanol–water partition coefficient (Wildman–Crippen LogP) is 2.31. The Kier molecular flexibility index (Phi) is 3.75. The summed E-state index contributed by atoms with van der Waals surface area (Å²) in [6.07, 6.45) is 1.59. The smallest absolute Gasteiger partial charge is 0.280 e. The van der Waals surface area contributed by atoms with Crippen molar-refractivity contribution < 1.29 is 4.79 Å². The van der Waals surface area contributed by atoms with Crippen LogP contribution in [0, 0.1) is 0 Å². The number of amides is 1. The van der Waals surface area contributed by atoms with Crippen LogP contribution < -0.4 is 11.5 Å². The van der Waals surface area contributed by atoms with Crippen LogP contribution in [0.4, 0.5) is 0 Å². The molecule has 0 bridgehead atoms. The van der Waals surface area contributed by atoms with Gasteiger partial charge in [-0.15, -0.1) is 0 Å². The van der Waals surface area contributed by atoms with Crippen molar-refractivity contribution in [1.82, 2.24) is 9.78 Å². The molecule has 7 heteroatoms. The average Bonchev–Trinajstić information content (AvgIpc) is 2.84. The fourth-order valence-electron chi connectivity index (χ4n) is 2.51. The fraction of sp³-hybridized carbons (Fsp3) is 0.0625. The summed E-state index contributed by atoms with van der Waals surface area (Å²) in [5.41, 5.74) is 12.6. The number of guanidine groups is 1. The molecule has 0 radical (unpaired) electrons. The van der Waals surface area contributed by atoms with Gasteiger partial charge in [0.2, 0.25) is 0 Å². The molecule has 23 heavy (non-hydrogen) atoms. The second kappa shape index (κ2) is 5.73. The van der Waals surface area contributed by atoms with Crippen LogP contribution in [-0.4, -0.2) is 21.6 Å². The Morgan fingerprint density at radius 3 is 2.70 bits per heavy atom. The van der Waals surface area contributed by atoms with Gasteiger partial charge in [0, 0.05) is 18.2 Å². The van der Waals surface area contributed by atoms with Gasteiger partial charge in [-0.1, -0.05) is 35.9 Å². The minimum atomic E-state index is -0.488. The number of carbonyl (C=O) groups excluding carboxylic acids is 1. The molecule has 1 heterocycles. The Bertz CT molecular complexity index is 921. The number of halogens is 1. The van der Waals surface area contributed by atoms with E-state index < -0.39 is 5.91 Å². The molecular weight excluding hydrogens is 314 g/mol. The lowest BCUT2D eigenvalue weighted by Crippen LogP contribution is -2.24. The monoisotopic (exact) mass is 327 g/mol. The minimum absolute atomic E-state index is 0.266. The molecule has 1 amide bonds. The van der Waals surface area contributed by atoms with Gasteiger partial charge < -0.3 is 11.5 Å². The van der Waals surface area contributed by atoms with Gasteiger partial charge in [-0.05, 0) is 22.9 Å². The first-order chi connectivity index (χ1) is 11.0. The molecule has 0 spiro atoms. The van der Waals surface area contributed by atoms with Crippen molar-refractivity contribution in [3.8, 4) is 11.3 Å². The van der Waals surface area contributed by atoms with Crippen LogP contribution in [0.25, 0.3) is 22.0 Å². The van der Waals surface area contributed by atoms with Crippen molar-refractivity contribution in [1.29, 1.82) is 0 Å². The van der Waals surface area contributed by atoms with Crippen molar-refractivity contribution in [2.45, 2.75) is 0 Å². The standard InChI is InChI=1S/C16H14ClN5O/c1-22-14(13(17)8-20-22)11-4-2-3-9-5-6-10(7-12(9)11)15(23)21-16(18)19/h2-8H,1H3,(H4,18,19,21,23). The molecule has 0 atom stereocenters. The highest BCUT2D eigenvalue weighted by molar-refractivity contribution is 6.33. The molecule has 0 unspecified atom stereocenters. The lowest BCUT2D eigenvalue weighted by molar-refractivity contribution is 0.100. The van der Waals surface area contributed by atoms with Crippen molar-refractivity contribution in [2.75, 3.05) is 0 Å². The summed E-state index contributed by atoms with van der Waals surface area (Å²) < 4.78 is 1.70. The van der Waals surface area contributed by atoms with E-state index in [1.54, 1.807) is 23.0 Å². The Morgan fingerprint density at radius 2 is 2.04 bits per heavy atom. The second-order valence-corrected chi connectivity index (χ2v) is 5.46. The van der Waals surface area contributed by atoms with E-state index in [0.717, 1.165) is 22.0 Å². The first-order valence-corrected chi connectivity index (χ1v) is 7.20. The van der Waals surface area contributed by atoms with Gasteiger partial charge in [-0.2, -0.15) is 10.1 Å². The fourth-order valence-corrected chi connectivity index (χ4v) is 2.78. The zero-order chi connectivity index (χ0) is 16.6. The molecule has 1 aromatic heterocycles. The Morgan fingerprint density at radius 1 is 1.26 bits per heavy atom. The van der Waals surface area contributed by atoms with Crippen LogP contribution in [-0.2, 0) is 7.05 Å². The van der Waals surface area contributed by atoms with Crippen molar-refractivity contribution in [3.05, 3.63) is 53.2 Å². The number of aliphatic imine (C=N–C) groups is 1. The number of benzene rings is 2. The predicted molar refractivity (Wildman–Crippen MR) is 91.3 cm³/mol. The largest absolute Gasteiger partial charge is 0.370 e. The third kappa shape index (κ3) is 2.76. The lowest BCUT2D eigenvalue weighted by Gasteiger charge is -2.09. The van der Waals surface area contributed by atoms with E-state index in [1.807, 2.05) is 31.3 Å². The average molecular weight is 328 g/mol. The first kappa shape index (κ1) is 15.1. The molecule has 4 N–H and O–H groups in total. The number of rotatable bonds is 2. The van der Waals surface area contributed by atoms with E-state index in [9.17, 15) is 4.79 Å². The van der Waals surface area contributed by atoms with Gasteiger partial charge >= 0.3 is 0 Å². The quantitative estimate of drug-likeness (QED) is 0.557. The van der Waals surface area contributed by atoms with Crippen LogP contribution in [0.5, 0.6) is 0 Å². The summed E-state index contributed by atoms with van der Waals surface area (Å²) in [6.45, 7) is 0. The zero-order valence-electron chi connectivity index (χ0n) is 12.3. The van der Waals surface area contributed by atoms with Crippen LogP contribution >= 0.6 is 11.6 Å². The number of aryl methyl sites for hydroxylation is 1. The molecular formula is C16H14ClN5O. The molecule has 3 aromatic rings. The summed E-state index contributed by atoms with van der Waals surface area (Å²) in [4.78, 5) is 15.6. The van der Waals surface area contributed by atoms with Crippen LogP contribution in [0.2, 0.25) is 5.02 Å². The highest BCUT2D eigenvalue weighted by Gasteiger charge is 2.14. The maximum atomic E-state index is 12.0. The number of aromatic nitrogens is 2. The third-order valence-electron chi connectivity index (χ3n) is 3.51. The second-order valence-electron chi connectivity index (χ2n) is 5.05. The van der Waals surface area contributed by atoms with E-state index in [-0.39, 0.29) is 5.96 Å². The molecule has 0 aliphatic carbocycles. The van der Waals surface area contributed by atoms with Crippen molar-refractivity contribution in [3.63, 3.8) is 0 Å². The van der Waals surface area contributed by atoms with Gasteiger partial charge in [0.1, 0.15) is 0 Å². The Hall–Kier alpha value is -2.86. The maximum Gasteiger partial charge on any atom is 0.280 e. The summed E-state index contributed by atoms with van der Waals surface area (Å²) in [7, 11) is 1.81. The lowest BCUT2D eigenvalue weighted by atomic mass is 9.99. The molecule has 0 fully saturated rings. The Labute approximate surface area is 137 Å². The highest BCUT2D eigenvalue weighted by atomic mass is 35.5. The molecule has 3 rings (SSSR count). The molecule has 0 saturated carbocycles.